The fourth-order valence-electron chi connectivity index (χ4n) is 0.315. The van der Waals surface area contributed by atoms with E-state index in [0.717, 1.165) is 0 Å². The van der Waals surface area contributed by atoms with Crippen molar-refractivity contribution in [2.45, 2.75) is 0 Å². The first-order chi connectivity index (χ1) is 2.89. The van der Waals surface area contributed by atoms with Crippen LogP contribution >= 0.6 is 12.6 Å². The Labute approximate surface area is 53.5 Å². The second-order valence-corrected chi connectivity index (χ2v) is 6.52. The van der Waals surface area contributed by atoms with Gasteiger partial charge < -0.3 is 0 Å². The standard InChI is InChI=1S/C3H4NS.In/c4-2-1-3-5;/h1-2,4-5H;/q-1;+1. The SMILES string of the molecule is S[C]1=[In][NH]C=C1. The molecule has 0 spiro atoms. The van der Waals surface area contributed by atoms with Crippen LogP contribution in [0, 0.1) is 0 Å². The third-order valence-corrected chi connectivity index (χ3v) is 4.02. The van der Waals surface area contributed by atoms with E-state index >= 15 is 0 Å². The molecule has 3 heteroatoms. The monoisotopic (exact) mass is 201 g/mol. The van der Waals surface area contributed by atoms with Crippen LogP contribution in [0.3, 0.4) is 0 Å². The number of rotatable bonds is 0. The summed E-state index contributed by atoms with van der Waals surface area (Å²) in [6.07, 6.45) is 4.01. The predicted molar refractivity (Wildman–Crippen MR) is 32.0 cm³/mol. The molecule has 30 valence electrons. The molecule has 0 unspecified atom stereocenters. The van der Waals surface area contributed by atoms with Crippen molar-refractivity contribution in [3.05, 3.63) is 12.3 Å². The first-order valence-corrected chi connectivity index (χ1v) is 5.45. The Balaban J connectivity index is 2.68. The quantitative estimate of drug-likeness (QED) is 0.516. The summed E-state index contributed by atoms with van der Waals surface area (Å²) in [6, 6.07) is 0. The van der Waals surface area contributed by atoms with Gasteiger partial charge in [-0.1, -0.05) is 0 Å². The van der Waals surface area contributed by atoms with Crippen molar-refractivity contribution in [1.82, 2.24) is 3.30 Å². The first kappa shape index (κ1) is 4.78. The molecule has 0 aromatic heterocycles. The molecule has 0 saturated heterocycles. The van der Waals surface area contributed by atoms with Crippen molar-refractivity contribution in [3.63, 3.8) is 0 Å². The fourth-order valence-corrected chi connectivity index (χ4v) is 2.48. The maximum absolute atomic E-state index is 4.14. The summed E-state index contributed by atoms with van der Waals surface area (Å²) in [5.74, 6) is 0. The second kappa shape index (κ2) is 2.07. The normalized spacial score (nSPS) is 15.8. The molecule has 0 atom stereocenters. The van der Waals surface area contributed by atoms with Crippen molar-refractivity contribution in [2.24, 2.45) is 0 Å². The zero-order chi connectivity index (χ0) is 4.41. The van der Waals surface area contributed by atoms with E-state index in [0.29, 0.717) is 0 Å². The Hall–Kier alpha value is 0.630. The molecule has 0 radical (unpaired) electrons. The van der Waals surface area contributed by atoms with Gasteiger partial charge in [-0.05, 0) is 0 Å². The van der Waals surface area contributed by atoms with E-state index in [4.69, 9.17) is 0 Å². The minimum absolute atomic E-state index is 0.487. The van der Waals surface area contributed by atoms with E-state index in [1.165, 1.54) is 2.59 Å². The average molecular weight is 201 g/mol. The molecule has 0 aliphatic carbocycles. The Morgan fingerprint density at radius 1 is 1.83 bits per heavy atom. The summed E-state index contributed by atoms with van der Waals surface area (Å²) in [5, 5.41) is 0. The van der Waals surface area contributed by atoms with Crippen LogP contribution < -0.4 is 3.30 Å². The summed E-state index contributed by atoms with van der Waals surface area (Å²) >= 11 is 3.66. The van der Waals surface area contributed by atoms with Gasteiger partial charge >= 0.3 is 53.5 Å². The van der Waals surface area contributed by atoms with Crippen LogP contribution in [0.1, 0.15) is 0 Å². The second-order valence-electron chi connectivity index (χ2n) is 1.07. The number of hydrogen-bond acceptors (Lipinski definition) is 2. The van der Waals surface area contributed by atoms with Crippen molar-refractivity contribution >= 4 is 37.9 Å². The number of thiol groups is 1. The molecule has 6 heavy (non-hydrogen) atoms. The number of nitrogens with one attached hydrogen (secondary N) is 1. The molecule has 0 bridgehead atoms. The molecule has 0 amide bonds. The molecule has 1 rings (SSSR count). The third kappa shape index (κ3) is 1.05. The van der Waals surface area contributed by atoms with Gasteiger partial charge in [-0.15, -0.1) is 0 Å². The molecular weight excluding hydrogens is 197 g/mol. The van der Waals surface area contributed by atoms with Crippen LogP contribution in [-0.2, 0) is 0 Å². The molecule has 0 fully saturated rings. The van der Waals surface area contributed by atoms with Gasteiger partial charge in [0.2, 0.25) is 0 Å². The van der Waals surface area contributed by atoms with E-state index in [1.807, 2.05) is 12.3 Å². The van der Waals surface area contributed by atoms with E-state index in [1.54, 1.807) is 0 Å². The summed E-state index contributed by atoms with van der Waals surface area (Å²) in [6.45, 7) is 0. The molecule has 0 aromatic carbocycles. The Kier molecular flexibility index (Phi) is 1.65. The molecule has 1 N–H and O–H groups in total. The minimum atomic E-state index is -0.487. The van der Waals surface area contributed by atoms with Crippen molar-refractivity contribution < 1.29 is 0 Å². The van der Waals surface area contributed by atoms with E-state index < -0.39 is 22.7 Å². The number of hydrogen-bond donors (Lipinski definition) is 2. The van der Waals surface area contributed by atoms with Crippen LogP contribution in [-0.4, -0.2) is 25.3 Å². The average Bonchev–Trinajstić information content (AvgIpc) is 1.86. The van der Waals surface area contributed by atoms with Crippen LogP contribution in [0.15, 0.2) is 12.3 Å². The fraction of sp³-hybridized carbons (Fsp3) is 0. The van der Waals surface area contributed by atoms with Crippen molar-refractivity contribution in [2.75, 3.05) is 0 Å². The molecule has 0 saturated carbocycles. The van der Waals surface area contributed by atoms with E-state index in [2.05, 4.69) is 15.9 Å². The van der Waals surface area contributed by atoms with Crippen LogP contribution in [0.25, 0.3) is 0 Å². The van der Waals surface area contributed by atoms with Gasteiger partial charge in [0.1, 0.15) is 0 Å². The van der Waals surface area contributed by atoms with Gasteiger partial charge in [0.25, 0.3) is 0 Å². The zero-order valence-electron chi connectivity index (χ0n) is 3.18. The Bertz CT molecular complexity index is 105. The summed E-state index contributed by atoms with van der Waals surface area (Å²) < 4.78 is 4.46. The summed E-state index contributed by atoms with van der Waals surface area (Å²) in [5.41, 5.74) is 0. The predicted octanol–water partition coefficient (Wildman–Crippen LogP) is -0.218. The Morgan fingerprint density at radius 2 is 2.67 bits per heavy atom. The molecule has 1 aliphatic heterocycles. The van der Waals surface area contributed by atoms with E-state index in [9.17, 15) is 0 Å². The van der Waals surface area contributed by atoms with Crippen molar-refractivity contribution in [1.29, 1.82) is 0 Å². The zero-order valence-corrected chi connectivity index (χ0v) is 7.37. The van der Waals surface area contributed by atoms with Crippen molar-refractivity contribution in [3.8, 4) is 0 Å². The van der Waals surface area contributed by atoms with Crippen LogP contribution in [0.5, 0.6) is 0 Å². The topological polar surface area (TPSA) is 12.0 Å². The Morgan fingerprint density at radius 3 is 2.83 bits per heavy atom. The summed E-state index contributed by atoms with van der Waals surface area (Å²) in [4.78, 5) is 0. The van der Waals surface area contributed by atoms with Gasteiger partial charge in [-0.25, -0.2) is 0 Å². The van der Waals surface area contributed by atoms with E-state index in [-0.39, 0.29) is 0 Å². The van der Waals surface area contributed by atoms with Gasteiger partial charge in [0.15, 0.2) is 0 Å². The molecule has 1 nitrogen and oxygen atoms in total. The summed E-state index contributed by atoms with van der Waals surface area (Å²) in [7, 11) is 0. The van der Waals surface area contributed by atoms with Gasteiger partial charge in [-0.3, -0.25) is 0 Å². The first-order valence-electron chi connectivity index (χ1n) is 1.71. The van der Waals surface area contributed by atoms with Gasteiger partial charge in [0.05, 0.1) is 0 Å². The molecular formula is C3H4InNS. The molecule has 0 aromatic rings. The van der Waals surface area contributed by atoms with Gasteiger partial charge in [-0.2, -0.15) is 0 Å². The maximum atomic E-state index is 4.14. The third-order valence-electron chi connectivity index (χ3n) is 0.582. The molecule has 1 heterocycles. The van der Waals surface area contributed by atoms with Gasteiger partial charge in [0, 0.05) is 0 Å². The van der Waals surface area contributed by atoms with Crippen LogP contribution in [0.4, 0.5) is 0 Å². The molecule has 1 aliphatic rings. The van der Waals surface area contributed by atoms with Crippen LogP contribution in [0.2, 0.25) is 0 Å².